The van der Waals surface area contributed by atoms with Crippen LogP contribution in [0.4, 0.5) is 0 Å². The number of nitro groups is 1. The Morgan fingerprint density at radius 2 is 1.68 bits per heavy atom. The first-order valence-corrected chi connectivity index (χ1v) is 10.7. The summed E-state index contributed by atoms with van der Waals surface area (Å²) in [6.07, 6.45) is 2.48. The summed E-state index contributed by atoms with van der Waals surface area (Å²) in [5, 5.41) is 12.4. The van der Waals surface area contributed by atoms with Crippen LogP contribution in [0.1, 0.15) is 30.4 Å². The van der Waals surface area contributed by atoms with Crippen LogP contribution in [0, 0.1) is 10.1 Å². The molecule has 0 saturated carbocycles. The first-order valence-electron chi connectivity index (χ1n) is 10.3. The van der Waals surface area contributed by atoms with Crippen molar-refractivity contribution in [2.75, 3.05) is 27.4 Å². The minimum atomic E-state index is -0.786. The van der Waals surface area contributed by atoms with E-state index >= 15 is 0 Å². The molecule has 0 aromatic heterocycles. The molecule has 0 aliphatic carbocycles. The molecule has 0 radical (unpaired) electrons. The smallest absolute Gasteiger partial charge is 0.217 e. The van der Waals surface area contributed by atoms with Crippen LogP contribution >= 0.6 is 11.6 Å². The summed E-state index contributed by atoms with van der Waals surface area (Å²) in [5.41, 5.74) is 1.95. The molecule has 1 atom stereocenters. The Labute approximate surface area is 187 Å². The average Bonchev–Trinajstić information content (AvgIpc) is 3.25. The minimum Gasteiger partial charge on any atom is -0.493 e. The predicted octanol–water partition coefficient (Wildman–Crippen LogP) is 4.70. The van der Waals surface area contributed by atoms with E-state index in [1.54, 1.807) is 26.4 Å². The number of ether oxygens (including phenoxy) is 4. The molecule has 1 saturated heterocycles. The Morgan fingerprint density at radius 3 is 2.29 bits per heavy atom. The van der Waals surface area contributed by atoms with Crippen molar-refractivity contribution in [2.24, 2.45) is 0 Å². The van der Waals surface area contributed by atoms with Crippen molar-refractivity contribution in [3.63, 3.8) is 0 Å². The largest absolute Gasteiger partial charge is 0.493 e. The fourth-order valence-electron chi connectivity index (χ4n) is 3.84. The number of aryl methyl sites for hydroxylation is 1. The van der Waals surface area contributed by atoms with Gasteiger partial charge in [0.2, 0.25) is 6.04 Å². The lowest BCUT2D eigenvalue weighted by atomic mass is 9.95. The lowest BCUT2D eigenvalue weighted by molar-refractivity contribution is -0.524. The third-order valence-electron chi connectivity index (χ3n) is 5.60. The zero-order valence-electron chi connectivity index (χ0n) is 17.8. The molecule has 1 aliphatic heterocycles. The van der Waals surface area contributed by atoms with Gasteiger partial charge in [0, 0.05) is 35.6 Å². The highest BCUT2D eigenvalue weighted by molar-refractivity contribution is 6.30. The molecular formula is C23H28ClNO6. The number of hydrogen-bond donors (Lipinski definition) is 0. The molecule has 0 bridgehead atoms. The molecule has 0 N–H and O–H groups in total. The van der Waals surface area contributed by atoms with E-state index in [0.29, 0.717) is 55.4 Å². The lowest BCUT2D eigenvalue weighted by Crippen LogP contribution is -2.34. The topological polar surface area (TPSA) is 80.1 Å². The summed E-state index contributed by atoms with van der Waals surface area (Å²) in [6.45, 7) is 0.999. The maximum absolute atomic E-state index is 11.8. The molecule has 1 unspecified atom stereocenters. The second-order valence-electron chi connectivity index (χ2n) is 7.61. The summed E-state index contributed by atoms with van der Waals surface area (Å²) in [5.74, 6) is 0.368. The molecule has 1 aliphatic rings. The maximum atomic E-state index is 11.8. The Balaban J connectivity index is 1.64. The third-order valence-corrected chi connectivity index (χ3v) is 5.85. The van der Waals surface area contributed by atoms with Crippen molar-refractivity contribution < 1.29 is 23.9 Å². The number of methoxy groups -OCH3 is 2. The molecule has 2 aromatic rings. The van der Waals surface area contributed by atoms with Crippen molar-refractivity contribution in [3.05, 3.63) is 68.7 Å². The zero-order chi connectivity index (χ0) is 22.3. The van der Waals surface area contributed by atoms with Crippen LogP contribution in [-0.2, 0) is 22.3 Å². The van der Waals surface area contributed by atoms with Crippen LogP contribution in [0.15, 0.2) is 42.5 Å². The van der Waals surface area contributed by atoms with Crippen molar-refractivity contribution in [1.29, 1.82) is 0 Å². The monoisotopic (exact) mass is 449 g/mol. The van der Waals surface area contributed by atoms with E-state index in [2.05, 4.69) is 0 Å². The van der Waals surface area contributed by atoms with Crippen LogP contribution in [-0.4, -0.2) is 44.2 Å². The van der Waals surface area contributed by atoms with Crippen LogP contribution in [0.3, 0.4) is 0 Å². The van der Waals surface area contributed by atoms with Gasteiger partial charge in [0.1, 0.15) is 0 Å². The molecular weight excluding hydrogens is 422 g/mol. The molecule has 3 rings (SSSR count). The third kappa shape index (κ3) is 6.32. The normalized spacial score (nSPS) is 16.1. The van der Waals surface area contributed by atoms with Gasteiger partial charge in [0.15, 0.2) is 17.3 Å². The van der Waals surface area contributed by atoms with Gasteiger partial charge in [-0.1, -0.05) is 29.8 Å². The molecule has 0 spiro atoms. The summed E-state index contributed by atoms with van der Waals surface area (Å²) in [6, 6.07) is 12.3. The summed E-state index contributed by atoms with van der Waals surface area (Å²) in [7, 11) is 3.11. The summed E-state index contributed by atoms with van der Waals surface area (Å²) in [4.78, 5) is 11.5. The zero-order valence-corrected chi connectivity index (χ0v) is 18.6. The molecule has 31 heavy (non-hydrogen) atoms. The van der Waals surface area contributed by atoms with Gasteiger partial charge in [0.25, 0.3) is 0 Å². The standard InChI is InChI=1S/C23H28ClNO6/c1-28-21-8-5-18(16-22(21)29-2)15-20(25(26)27)10-12-23(30-13-14-31-23)11-9-17-3-6-19(24)7-4-17/h3-8,16,20H,9-15H2,1-2H3. The van der Waals surface area contributed by atoms with Crippen molar-refractivity contribution >= 4 is 11.6 Å². The van der Waals surface area contributed by atoms with Crippen molar-refractivity contribution in [2.45, 2.75) is 43.9 Å². The Morgan fingerprint density at radius 1 is 1.03 bits per heavy atom. The molecule has 0 amide bonds. The van der Waals surface area contributed by atoms with E-state index < -0.39 is 11.8 Å². The Bertz CT molecular complexity index is 867. The van der Waals surface area contributed by atoms with Gasteiger partial charge in [-0.2, -0.15) is 0 Å². The summed E-state index contributed by atoms with van der Waals surface area (Å²) >= 11 is 5.95. The number of halogens is 1. The maximum Gasteiger partial charge on any atom is 0.217 e. The first kappa shape index (κ1) is 23.3. The van der Waals surface area contributed by atoms with E-state index in [9.17, 15) is 10.1 Å². The highest BCUT2D eigenvalue weighted by Crippen LogP contribution is 2.33. The quantitative estimate of drug-likeness (QED) is 0.365. The van der Waals surface area contributed by atoms with Crippen LogP contribution in [0.5, 0.6) is 11.5 Å². The van der Waals surface area contributed by atoms with E-state index in [-0.39, 0.29) is 4.92 Å². The number of nitrogens with zero attached hydrogens (tertiary/aromatic N) is 1. The van der Waals surface area contributed by atoms with Gasteiger partial charge in [0.05, 0.1) is 27.4 Å². The minimum absolute atomic E-state index is 0.224. The molecule has 168 valence electrons. The molecule has 1 fully saturated rings. The van der Waals surface area contributed by atoms with Gasteiger partial charge in [-0.3, -0.25) is 10.1 Å². The predicted molar refractivity (Wildman–Crippen MR) is 118 cm³/mol. The number of hydrogen-bond acceptors (Lipinski definition) is 6. The van der Waals surface area contributed by atoms with E-state index in [1.165, 1.54) is 0 Å². The highest BCUT2D eigenvalue weighted by Gasteiger charge is 2.38. The number of rotatable bonds is 11. The fraction of sp³-hybridized carbons (Fsp3) is 0.478. The molecule has 2 aromatic carbocycles. The van der Waals surface area contributed by atoms with Crippen molar-refractivity contribution in [1.82, 2.24) is 0 Å². The Kier molecular flexibility index (Phi) is 8.12. The second-order valence-corrected chi connectivity index (χ2v) is 8.04. The molecule has 8 heteroatoms. The van der Waals surface area contributed by atoms with Crippen LogP contribution in [0.2, 0.25) is 5.02 Å². The van der Waals surface area contributed by atoms with Crippen LogP contribution < -0.4 is 9.47 Å². The SMILES string of the molecule is COc1ccc(CC(CCC2(CCc3ccc(Cl)cc3)OCCO2)[N+](=O)[O-])cc1OC. The number of benzene rings is 2. The van der Waals surface area contributed by atoms with Gasteiger partial charge < -0.3 is 18.9 Å². The van der Waals surface area contributed by atoms with Gasteiger partial charge >= 0.3 is 0 Å². The van der Waals surface area contributed by atoms with Crippen molar-refractivity contribution in [3.8, 4) is 11.5 Å². The van der Waals surface area contributed by atoms with Crippen LogP contribution in [0.25, 0.3) is 0 Å². The van der Waals surface area contributed by atoms with Gasteiger partial charge in [-0.25, -0.2) is 0 Å². The molecule has 7 nitrogen and oxygen atoms in total. The van der Waals surface area contributed by atoms with E-state index in [0.717, 1.165) is 17.5 Å². The lowest BCUT2D eigenvalue weighted by Gasteiger charge is -2.28. The summed E-state index contributed by atoms with van der Waals surface area (Å²) < 4.78 is 22.4. The highest BCUT2D eigenvalue weighted by atomic mass is 35.5. The first-order chi connectivity index (χ1) is 14.9. The average molecular weight is 450 g/mol. The second kappa shape index (κ2) is 10.8. The Hall–Kier alpha value is -2.35. The van der Waals surface area contributed by atoms with E-state index in [1.807, 2.05) is 30.3 Å². The van der Waals surface area contributed by atoms with E-state index in [4.69, 9.17) is 30.5 Å². The van der Waals surface area contributed by atoms with Gasteiger partial charge in [-0.15, -0.1) is 0 Å². The fourth-order valence-corrected chi connectivity index (χ4v) is 3.97. The molecule has 1 heterocycles. The van der Waals surface area contributed by atoms with Gasteiger partial charge in [-0.05, 0) is 41.8 Å².